The molecule has 1 aromatic carbocycles. The van der Waals surface area contributed by atoms with Gasteiger partial charge in [0.05, 0.1) is 12.1 Å². The van der Waals surface area contributed by atoms with Crippen LogP contribution in [0.4, 0.5) is 0 Å². The van der Waals surface area contributed by atoms with Crippen LogP contribution in [0.5, 0.6) is 0 Å². The Balaban J connectivity index is 1.96. The number of rotatable bonds is 3. The number of carbonyl (C=O) groups is 1. The second kappa shape index (κ2) is 6.61. The summed E-state index contributed by atoms with van der Waals surface area (Å²) in [4.78, 5) is 12.2. The third-order valence-electron chi connectivity index (χ3n) is 4.26. The first-order valence-corrected chi connectivity index (χ1v) is 8.02. The maximum absolute atomic E-state index is 12.2. The van der Waals surface area contributed by atoms with Crippen LogP contribution in [0.15, 0.2) is 24.3 Å². The van der Waals surface area contributed by atoms with E-state index in [-0.39, 0.29) is 23.4 Å². The second-order valence-electron chi connectivity index (χ2n) is 7.10. The minimum atomic E-state index is -0.0185. The van der Waals surface area contributed by atoms with Gasteiger partial charge in [0.2, 0.25) is 5.91 Å². The van der Waals surface area contributed by atoms with Crippen molar-refractivity contribution in [1.82, 2.24) is 10.6 Å². The third-order valence-corrected chi connectivity index (χ3v) is 4.26. The van der Waals surface area contributed by atoms with Crippen molar-refractivity contribution >= 4 is 5.91 Å². The number of hydrogen-bond donors (Lipinski definition) is 2. The molecule has 3 nitrogen and oxygen atoms in total. The van der Waals surface area contributed by atoms with Gasteiger partial charge in [0.15, 0.2) is 0 Å². The van der Waals surface area contributed by atoms with E-state index in [1.807, 2.05) is 6.92 Å². The molecule has 2 N–H and O–H groups in total. The van der Waals surface area contributed by atoms with E-state index in [1.165, 1.54) is 12.0 Å². The molecule has 1 heterocycles. The van der Waals surface area contributed by atoms with Crippen LogP contribution < -0.4 is 10.6 Å². The minimum Gasteiger partial charge on any atom is -0.348 e. The molecule has 0 radical (unpaired) electrons. The lowest BCUT2D eigenvalue weighted by molar-refractivity contribution is -0.124. The van der Waals surface area contributed by atoms with Gasteiger partial charge in [0, 0.05) is 0 Å². The summed E-state index contributed by atoms with van der Waals surface area (Å²) in [5.41, 5.74) is 2.64. The molecular formula is C18H28N2O. The molecule has 0 aromatic heterocycles. The summed E-state index contributed by atoms with van der Waals surface area (Å²) < 4.78 is 0. The van der Waals surface area contributed by atoms with Crippen molar-refractivity contribution in [1.29, 1.82) is 0 Å². The average Bonchev–Trinajstić information content (AvgIpc) is 2.47. The molecule has 0 saturated carbocycles. The molecule has 1 fully saturated rings. The van der Waals surface area contributed by atoms with Crippen molar-refractivity contribution in [3.63, 3.8) is 0 Å². The van der Waals surface area contributed by atoms with Crippen LogP contribution in [0.25, 0.3) is 0 Å². The van der Waals surface area contributed by atoms with Crippen LogP contribution in [0.1, 0.15) is 64.1 Å². The van der Waals surface area contributed by atoms with Crippen molar-refractivity contribution in [2.24, 2.45) is 0 Å². The fourth-order valence-corrected chi connectivity index (χ4v) is 2.74. The molecule has 3 heteroatoms. The minimum absolute atomic E-state index is 0.0185. The van der Waals surface area contributed by atoms with E-state index in [1.54, 1.807) is 0 Å². The van der Waals surface area contributed by atoms with Gasteiger partial charge in [0.25, 0.3) is 0 Å². The van der Waals surface area contributed by atoms with E-state index >= 15 is 0 Å². The zero-order chi connectivity index (χ0) is 15.5. The van der Waals surface area contributed by atoms with E-state index in [4.69, 9.17) is 0 Å². The zero-order valence-electron chi connectivity index (χ0n) is 13.7. The monoisotopic (exact) mass is 288 g/mol. The molecule has 21 heavy (non-hydrogen) atoms. The van der Waals surface area contributed by atoms with Gasteiger partial charge in [-0.05, 0) is 42.9 Å². The van der Waals surface area contributed by atoms with Crippen molar-refractivity contribution in [2.75, 3.05) is 6.54 Å². The Hall–Kier alpha value is -1.35. The van der Waals surface area contributed by atoms with Crippen LogP contribution in [0, 0.1) is 0 Å². The van der Waals surface area contributed by atoms with Gasteiger partial charge in [-0.15, -0.1) is 0 Å². The van der Waals surface area contributed by atoms with E-state index in [2.05, 4.69) is 55.7 Å². The van der Waals surface area contributed by atoms with Crippen LogP contribution in [-0.2, 0) is 10.2 Å². The first-order chi connectivity index (χ1) is 9.88. The number of amides is 1. The summed E-state index contributed by atoms with van der Waals surface area (Å²) in [7, 11) is 0. The Labute approximate surface area is 128 Å². The van der Waals surface area contributed by atoms with Crippen LogP contribution in [0.2, 0.25) is 0 Å². The highest BCUT2D eigenvalue weighted by Crippen LogP contribution is 2.24. The summed E-state index contributed by atoms with van der Waals surface area (Å²) in [5.74, 6) is 0.127. The average molecular weight is 288 g/mol. The lowest BCUT2D eigenvalue weighted by Crippen LogP contribution is -2.47. The van der Waals surface area contributed by atoms with Crippen LogP contribution in [-0.4, -0.2) is 18.5 Å². The SMILES string of the molecule is CC(NC(=O)C1CCCCN1)c1ccc(C(C)(C)C)cc1. The fraction of sp³-hybridized carbons (Fsp3) is 0.611. The standard InChI is InChI=1S/C18H28N2O/c1-13(20-17(21)16-7-5-6-12-19-16)14-8-10-15(11-9-14)18(2,3)4/h8-11,13,16,19H,5-7,12H2,1-4H3,(H,20,21). The second-order valence-corrected chi connectivity index (χ2v) is 7.10. The van der Waals surface area contributed by atoms with Crippen molar-refractivity contribution in [3.8, 4) is 0 Å². The third kappa shape index (κ3) is 4.31. The first kappa shape index (κ1) is 16.0. The molecule has 0 aliphatic carbocycles. The molecule has 1 aliphatic heterocycles. The number of nitrogens with one attached hydrogen (secondary N) is 2. The van der Waals surface area contributed by atoms with Crippen molar-refractivity contribution in [3.05, 3.63) is 35.4 Å². The van der Waals surface area contributed by atoms with Gasteiger partial charge in [-0.25, -0.2) is 0 Å². The van der Waals surface area contributed by atoms with Gasteiger partial charge in [0.1, 0.15) is 0 Å². The van der Waals surface area contributed by atoms with Gasteiger partial charge < -0.3 is 10.6 Å². The largest absolute Gasteiger partial charge is 0.348 e. The number of benzene rings is 1. The van der Waals surface area contributed by atoms with Gasteiger partial charge in [-0.2, -0.15) is 0 Å². The van der Waals surface area contributed by atoms with Gasteiger partial charge in [-0.1, -0.05) is 51.5 Å². The van der Waals surface area contributed by atoms with Gasteiger partial charge in [-0.3, -0.25) is 4.79 Å². The topological polar surface area (TPSA) is 41.1 Å². The summed E-state index contributed by atoms with van der Waals surface area (Å²) in [5, 5.41) is 6.42. The Bertz CT molecular complexity index is 467. The van der Waals surface area contributed by atoms with Crippen molar-refractivity contribution < 1.29 is 4.79 Å². The molecule has 2 rings (SSSR count). The molecule has 1 amide bonds. The number of piperidine rings is 1. The highest BCUT2D eigenvalue weighted by molar-refractivity contribution is 5.82. The summed E-state index contributed by atoms with van der Waals surface area (Å²) in [6, 6.07) is 8.61. The van der Waals surface area contributed by atoms with Crippen molar-refractivity contribution in [2.45, 2.75) is 64.5 Å². The predicted octanol–water partition coefficient (Wildman–Crippen LogP) is 3.30. The molecule has 1 saturated heterocycles. The Morgan fingerprint density at radius 1 is 1.24 bits per heavy atom. The van der Waals surface area contributed by atoms with Crippen LogP contribution in [0.3, 0.4) is 0 Å². The zero-order valence-corrected chi connectivity index (χ0v) is 13.7. The highest BCUT2D eigenvalue weighted by atomic mass is 16.2. The predicted molar refractivity (Wildman–Crippen MR) is 87.3 cm³/mol. The smallest absolute Gasteiger partial charge is 0.237 e. The highest BCUT2D eigenvalue weighted by Gasteiger charge is 2.22. The number of carbonyl (C=O) groups excluding carboxylic acids is 1. The first-order valence-electron chi connectivity index (χ1n) is 8.02. The molecule has 1 aliphatic rings. The fourth-order valence-electron chi connectivity index (χ4n) is 2.74. The molecule has 1 aromatic rings. The maximum Gasteiger partial charge on any atom is 0.237 e. The molecule has 2 unspecified atom stereocenters. The lowest BCUT2D eigenvalue weighted by Gasteiger charge is -2.25. The molecular weight excluding hydrogens is 260 g/mol. The van der Waals surface area contributed by atoms with E-state index < -0.39 is 0 Å². The van der Waals surface area contributed by atoms with E-state index in [9.17, 15) is 4.79 Å². The van der Waals surface area contributed by atoms with E-state index in [0.29, 0.717) is 0 Å². The molecule has 2 atom stereocenters. The van der Waals surface area contributed by atoms with Crippen LogP contribution >= 0.6 is 0 Å². The molecule has 0 bridgehead atoms. The molecule has 116 valence electrons. The van der Waals surface area contributed by atoms with Gasteiger partial charge >= 0.3 is 0 Å². The summed E-state index contributed by atoms with van der Waals surface area (Å²) in [6.45, 7) is 9.63. The summed E-state index contributed by atoms with van der Waals surface area (Å²) in [6.07, 6.45) is 3.26. The Morgan fingerprint density at radius 3 is 2.43 bits per heavy atom. The Morgan fingerprint density at radius 2 is 1.90 bits per heavy atom. The summed E-state index contributed by atoms with van der Waals surface area (Å²) >= 11 is 0. The Kier molecular flexibility index (Phi) is 5.04. The number of hydrogen-bond acceptors (Lipinski definition) is 2. The lowest BCUT2D eigenvalue weighted by atomic mass is 9.86. The van der Waals surface area contributed by atoms with E-state index in [0.717, 1.165) is 24.9 Å². The molecule has 0 spiro atoms. The quantitative estimate of drug-likeness (QED) is 0.896. The maximum atomic E-state index is 12.2. The normalized spacial score (nSPS) is 20.9.